The summed E-state index contributed by atoms with van der Waals surface area (Å²) in [5, 5.41) is 22.9. The minimum Gasteiger partial charge on any atom is -0.395 e. The van der Waals surface area contributed by atoms with Crippen LogP contribution in [-0.2, 0) is 11.2 Å². The van der Waals surface area contributed by atoms with Crippen molar-refractivity contribution in [1.29, 1.82) is 5.26 Å². The van der Waals surface area contributed by atoms with Gasteiger partial charge in [0.25, 0.3) is 0 Å². The standard InChI is InChI=1S/C13H17N3O2/c14-6-7-15-13(18)9-16-12(10-17)8-11-4-2-1-3-5-11/h1-5,12,16-17H,7-10H2,(H,15,18). The fraction of sp³-hybridized carbons (Fsp3) is 0.385. The van der Waals surface area contributed by atoms with E-state index in [2.05, 4.69) is 10.6 Å². The Balaban J connectivity index is 2.34. The predicted molar refractivity (Wildman–Crippen MR) is 67.6 cm³/mol. The lowest BCUT2D eigenvalue weighted by molar-refractivity contribution is -0.120. The van der Waals surface area contributed by atoms with Crippen LogP contribution < -0.4 is 10.6 Å². The van der Waals surface area contributed by atoms with E-state index < -0.39 is 0 Å². The Hall–Kier alpha value is -1.90. The Morgan fingerprint density at radius 2 is 2.11 bits per heavy atom. The van der Waals surface area contributed by atoms with E-state index in [9.17, 15) is 9.90 Å². The maximum atomic E-state index is 11.3. The molecule has 5 nitrogen and oxygen atoms in total. The van der Waals surface area contributed by atoms with Gasteiger partial charge >= 0.3 is 0 Å². The molecular weight excluding hydrogens is 230 g/mol. The molecule has 96 valence electrons. The third-order valence-electron chi connectivity index (χ3n) is 2.46. The van der Waals surface area contributed by atoms with Crippen LogP contribution in [0.5, 0.6) is 0 Å². The summed E-state index contributed by atoms with van der Waals surface area (Å²) in [5.74, 6) is -0.247. The van der Waals surface area contributed by atoms with Gasteiger partial charge in [0.2, 0.25) is 5.91 Å². The van der Waals surface area contributed by atoms with E-state index in [4.69, 9.17) is 5.26 Å². The fourth-order valence-electron chi connectivity index (χ4n) is 1.54. The van der Waals surface area contributed by atoms with Crippen molar-refractivity contribution >= 4 is 5.91 Å². The van der Waals surface area contributed by atoms with Gasteiger partial charge in [0.1, 0.15) is 6.54 Å². The number of carbonyl (C=O) groups is 1. The zero-order valence-corrected chi connectivity index (χ0v) is 10.1. The first kappa shape index (κ1) is 14.2. The molecule has 1 rings (SSSR count). The van der Waals surface area contributed by atoms with E-state index in [0.29, 0.717) is 6.42 Å². The van der Waals surface area contributed by atoms with Gasteiger partial charge in [-0.3, -0.25) is 4.79 Å². The van der Waals surface area contributed by atoms with E-state index in [0.717, 1.165) is 5.56 Å². The Kier molecular flexibility index (Phi) is 6.47. The predicted octanol–water partition coefficient (Wildman–Crippen LogP) is -0.181. The van der Waals surface area contributed by atoms with Crippen molar-refractivity contribution < 1.29 is 9.90 Å². The number of nitrogens with zero attached hydrogens (tertiary/aromatic N) is 1. The molecule has 1 unspecified atom stereocenters. The van der Waals surface area contributed by atoms with Gasteiger partial charge < -0.3 is 15.7 Å². The second-order valence-corrected chi connectivity index (χ2v) is 3.88. The maximum Gasteiger partial charge on any atom is 0.234 e. The Labute approximate surface area is 106 Å². The number of nitriles is 1. The second kappa shape index (κ2) is 8.23. The quantitative estimate of drug-likeness (QED) is 0.583. The molecule has 0 heterocycles. The number of amides is 1. The monoisotopic (exact) mass is 247 g/mol. The lowest BCUT2D eigenvalue weighted by Gasteiger charge is -2.15. The molecule has 0 aliphatic heterocycles. The van der Waals surface area contributed by atoms with Gasteiger partial charge in [0.15, 0.2) is 0 Å². The van der Waals surface area contributed by atoms with Crippen LogP contribution in [0.2, 0.25) is 0 Å². The minimum atomic E-state index is -0.247. The zero-order chi connectivity index (χ0) is 13.2. The number of aliphatic hydroxyl groups is 1. The molecule has 0 saturated carbocycles. The van der Waals surface area contributed by atoms with E-state index >= 15 is 0 Å². The molecule has 1 aromatic carbocycles. The first-order valence-electron chi connectivity index (χ1n) is 5.78. The number of hydrogen-bond acceptors (Lipinski definition) is 4. The number of hydrogen-bond donors (Lipinski definition) is 3. The summed E-state index contributed by atoms with van der Waals surface area (Å²) in [6.07, 6.45) is 0.656. The molecule has 0 fully saturated rings. The first-order valence-corrected chi connectivity index (χ1v) is 5.78. The summed E-state index contributed by atoms with van der Waals surface area (Å²) >= 11 is 0. The topological polar surface area (TPSA) is 85.2 Å². The third kappa shape index (κ3) is 5.43. The molecule has 0 radical (unpaired) electrons. The highest BCUT2D eigenvalue weighted by molar-refractivity contribution is 5.78. The van der Waals surface area contributed by atoms with Gasteiger partial charge in [-0.05, 0) is 12.0 Å². The van der Waals surface area contributed by atoms with E-state index in [1.54, 1.807) is 0 Å². The number of rotatable bonds is 7. The van der Waals surface area contributed by atoms with Gasteiger partial charge in [0.05, 0.1) is 19.2 Å². The van der Waals surface area contributed by atoms with E-state index in [1.165, 1.54) is 0 Å². The molecule has 1 aromatic rings. The van der Waals surface area contributed by atoms with Crippen molar-refractivity contribution in [3.63, 3.8) is 0 Å². The van der Waals surface area contributed by atoms with Crippen LogP contribution in [0.4, 0.5) is 0 Å². The molecule has 5 heteroatoms. The second-order valence-electron chi connectivity index (χ2n) is 3.88. The van der Waals surface area contributed by atoms with E-state index in [1.807, 2.05) is 36.4 Å². The molecule has 0 saturated heterocycles. The van der Waals surface area contributed by atoms with Crippen molar-refractivity contribution in [3.8, 4) is 6.07 Å². The van der Waals surface area contributed by atoms with Crippen LogP contribution in [0.1, 0.15) is 5.56 Å². The van der Waals surface area contributed by atoms with Crippen LogP contribution in [0.3, 0.4) is 0 Å². The molecular formula is C13H17N3O2. The van der Waals surface area contributed by atoms with Gasteiger partial charge in [-0.2, -0.15) is 5.26 Å². The van der Waals surface area contributed by atoms with Crippen molar-refractivity contribution in [3.05, 3.63) is 35.9 Å². The highest BCUT2D eigenvalue weighted by Crippen LogP contribution is 2.02. The molecule has 0 aliphatic rings. The summed E-state index contributed by atoms with van der Waals surface area (Å²) in [6.45, 7) is 0.0587. The van der Waals surface area contributed by atoms with Gasteiger partial charge in [-0.15, -0.1) is 0 Å². The van der Waals surface area contributed by atoms with Crippen molar-refractivity contribution in [2.45, 2.75) is 12.5 Å². The zero-order valence-electron chi connectivity index (χ0n) is 10.1. The maximum absolute atomic E-state index is 11.3. The highest BCUT2D eigenvalue weighted by Gasteiger charge is 2.09. The Morgan fingerprint density at radius 3 is 2.72 bits per heavy atom. The molecule has 1 amide bonds. The number of benzene rings is 1. The SMILES string of the molecule is N#CCNC(=O)CNC(CO)Cc1ccccc1. The van der Waals surface area contributed by atoms with Crippen molar-refractivity contribution in [2.75, 3.05) is 19.7 Å². The summed E-state index contributed by atoms with van der Waals surface area (Å²) in [6, 6.07) is 11.4. The number of nitrogens with one attached hydrogen (secondary N) is 2. The number of carbonyl (C=O) groups excluding carboxylic acids is 1. The Morgan fingerprint density at radius 1 is 1.39 bits per heavy atom. The van der Waals surface area contributed by atoms with Gasteiger partial charge in [-0.1, -0.05) is 30.3 Å². The largest absolute Gasteiger partial charge is 0.395 e. The van der Waals surface area contributed by atoms with Crippen LogP contribution in [0.25, 0.3) is 0 Å². The molecule has 18 heavy (non-hydrogen) atoms. The van der Waals surface area contributed by atoms with Gasteiger partial charge in [-0.25, -0.2) is 0 Å². The molecule has 3 N–H and O–H groups in total. The lowest BCUT2D eigenvalue weighted by atomic mass is 10.1. The van der Waals surface area contributed by atoms with Crippen molar-refractivity contribution in [1.82, 2.24) is 10.6 Å². The van der Waals surface area contributed by atoms with Crippen LogP contribution in [0.15, 0.2) is 30.3 Å². The summed E-state index contributed by atoms with van der Waals surface area (Å²) < 4.78 is 0. The van der Waals surface area contributed by atoms with Crippen LogP contribution in [-0.4, -0.2) is 36.8 Å². The Bertz CT molecular complexity index is 400. The van der Waals surface area contributed by atoms with Crippen LogP contribution in [0, 0.1) is 11.3 Å². The average molecular weight is 247 g/mol. The van der Waals surface area contributed by atoms with E-state index in [-0.39, 0.29) is 31.6 Å². The highest BCUT2D eigenvalue weighted by atomic mass is 16.3. The van der Waals surface area contributed by atoms with Gasteiger partial charge in [0, 0.05) is 6.04 Å². The first-order chi connectivity index (χ1) is 8.76. The molecule has 1 atom stereocenters. The molecule has 0 spiro atoms. The van der Waals surface area contributed by atoms with Crippen LogP contribution >= 0.6 is 0 Å². The third-order valence-corrected chi connectivity index (χ3v) is 2.46. The van der Waals surface area contributed by atoms with Crippen molar-refractivity contribution in [2.24, 2.45) is 0 Å². The normalized spacial score (nSPS) is 11.6. The molecule has 0 aliphatic carbocycles. The lowest BCUT2D eigenvalue weighted by Crippen LogP contribution is -2.42. The smallest absolute Gasteiger partial charge is 0.234 e. The minimum absolute atomic E-state index is 0.00297. The summed E-state index contributed by atoms with van der Waals surface area (Å²) in [4.78, 5) is 11.3. The summed E-state index contributed by atoms with van der Waals surface area (Å²) in [5.41, 5.74) is 1.10. The molecule has 0 aromatic heterocycles. The summed E-state index contributed by atoms with van der Waals surface area (Å²) in [7, 11) is 0. The number of aliphatic hydroxyl groups excluding tert-OH is 1. The molecule has 0 bridgehead atoms. The average Bonchev–Trinajstić information content (AvgIpc) is 2.42. The fourth-order valence-corrected chi connectivity index (χ4v) is 1.54.